The Hall–Kier alpha value is -3.47. The normalized spacial score (nSPS) is 16.2. The summed E-state index contributed by atoms with van der Waals surface area (Å²) in [6, 6.07) is 8.74. The average molecular weight is 516 g/mol. The van der Waals surface area contributed by atoms with Gasteiger partial charge in [-0.2, -0.15) is 13.5 Å². The van der Waals surface area contributed by atoms with Crippen LogP contribution < -0.4 is 14.4 Å². The molecule has 3 heterocycles. The maximum atomic E-state index is 14.4. The van der Waals surface area contributed by atoms with E-state index in [2.05, 4.69) is 21.8 Å². The van der Waals surface area contributed by atoms with E-state index >= 15 is 0 Å². The first-order chi connectivity index (χ1) is 17.1. The molecule has 11 heteroatoms. The number of nitrogens with zero attached hydrogens (tertiary/aromatic N) is 3. The summed E-state index contributed by atoms with van der Waals surface area (Å²) in [5.41, 5.74) is 1.06. The molecule has 2 aromatic heterocycles. The van der Waals surface area contributed by atoms with Crippen LogP contribution in [0.1, 0.15) is 44.0 Å². The lowest BCUT2D eigenvalue weighted by Gasteiger charge is -2.33. The summed E-state index contributed by atoms with van der Waals surface area (Å²) in [4.78, 5) is 19.8. The van der Waals surface area contributed by atoms with E-state index in [1.807, 2.05) is 18.7 Å². The van der Waals surface area contributed by atoms with Crippen LogP contribution in [0, 0.1) is 17.7 Å². The fourth-order valence-corrected chi connectivity index (χ4v) is 4.97. The van der Waals surface area contributed by atoms with Gasteiger partial charge in [0.2, 0.25) is 0 Å². The highest BCUT2D eigenvalue weighted by atomic mass is 32.2. The minimum absolute atomic E-state index is 0.114. The quantitative estimate of drug-likeness (QED) is 0.466. The van der Waals surface area contributed by atoms with E-state index in [4.69, 9.17) is 9.72 Å². The number of ether oxygens (including phenoxy) is 1. The topological polar surface area (TPSA) is 117 Å². The molecule has 0 aliphatic carbocycles. The summed E-state index contributed by atoms with van der Waals surface area (Å²) in [7, 11) is -4.14. The van der Waals surface area contributed by atoms with Crippen LogP contribution in [0.15, 0.2) is 47.6 Å². The number of H-pyrrole nitrogens is 1. The third-order valence-corrected chi connectivity index (χ3v) is 7.08. The van der Waals surface area contributed by atoms with Crippen LogP contribution in [0.2, 0.25) is 0 Å². The van der Waals surface area contributed by atoms with Gasteiger partial charge in [0.1, 0.15) is 17.4 Å². The van der Waals surface area contributed by atoms with E-state index < -0.39 is 21.7 Å². The first kappa shape index (κ1) is 25.6. The molecule has 4 rings (SSSR count). The number of carbonyl (C=O) groups is 1. The van der Waals surface area contributed by atoms with Crippen LogP contribution in [0.3, 0.4) is 0 Å². The average Bonchev–Trinajstić information content (AvgIpc) is 3.38. The molecule has 0 spiro atoms. The second-order valence-corrected chi connectivity index (χ2v) is 11.1. The molecule has 0 unspecified atom stereocenters. The van der Waals surface area contributed by atoms with Crippen molar-refractivity contribution in [3.05, 3.63) is 54.0 Å². The number of hydrogen-bond acceptors (Lipinski definition) is 7. The number of aromatic amines is 1. The molecule has 1 fully saturated rings. The van der Waals surface area contributed by atoms with Gasteiger partial charge in [0.05, 0.1) is 24.1 Å². The summed E-state index contributed by atoms with van der Waals surface area (Å²) in [5.74, 6) is 0.120. The predicted octanol–water partition coefficient (Wildman–Crippen LogP) is 4.00. The van der Waals surface area contributed by atoms with Crippen molar-refractivity contribution in [1.29, 1.82) is 0 Å². The number of piperidine rings is 1. The van der Waals surface area contributed by atoms with E-state index in [9.17, 15) is 17.6 Å². The monoisotopic (exact) mass is 515 g/mol. The lowest BCUT2D eigenvalue weighted by molar-refractivity contribution is 0.0981. The van der Waals surface area contributed by atoms with Gasteiger partial charge >= 0.3 is 0 Å². The Morgan fingerprint density at radius 1 is 1.28 bits per heavy atom. The van der Waals surface area contributed by atoms with Gasteiger partial charge in [-0.1, -0.05) is 20.8 Å². The van der Waals surface area contributed by atoms with E-state index in [1.165, 1.54) is 30.5 Å². The van der Waals surface area contributed by atoms with Crippen molar-refractivity contribution < 1.29 is 22.3 Å². The zero-order valence-corrected chi connectivity index (χ0v) is 21.3. The molecule has 1 aliphatic rings. The fraction of sp³-hybridized carbons (Fsp3) is 0.400. The van der Waals surface area contributed by atoms with Crippen molar-refractivity contribution in [3.8, 4) is 17.0 Å². The van der Waals surface area contributed by atoms with Crippen LogP contribution in [0.25, 0.3) is 11.3 Å². The number of nitrogens with one attached hydrogen (secondary N) is 2. The zero-order chi connectivity index (χ0) is 25.9. The SMILES string of the molecule is CC(C)COc1cc(F)cc(-c2ccc(C(=O)NS(=O)(=O)c3ccn[nH]3)c(N3CCC[C@@H](C)C3)n2)c1. The lowest BCUT2D eigenvalue weighted by atomic mass is 9.99. The number of pyridine rings is 1. The minimum atomic E-state index is -4.14. The minimum Gasteiger partial charge on any atom is -0.493 e. The molecule has 3 aromatic rings. The van der Waals surface area contributed by atoms with Crippen molar-refractivity contribution in [2.24, 2.45) is 11.8 Å². The largest absolute Gasteiger partial charge is 0.493 e. The number of carbonyl (C=O) groups excluding carboxylic acids is 1. The fourth-order valence-electron chi connectivity index (χ4n) is 4.09. The van der Waals surface area contributed by atoms with Crippen LogP contribution >= 0.6 is 0 Å². The first-order valence-electron chi connectivity index (χ1n) is 11.9. The van der Waals surface area contributed by atoms with Gasteiger partial charge in [0.25, 0.3) is 15.9 Å². The summed E-state index contributed by atoms with van der Waals surface area (Å²) >= 11 is 0. The van der Waals surface area contributed by atoms with E-state index in [0.717, 1.165) is 12.8 Å². The van der Waals surface area contributed by atoms with Crippen LogP contribution in [0.4, 0.5) is 10.2 Å². The Labute approximate surface area is 210 Å². The number of halogens is 1. The zero-order valence-electron chi connectivity index (χ0n) is 20.5. The van der Waals surface area contributed by atoms with E-state index in [-0.39, 0.29) is 16.5 Å². The van der Waals surface area contributed by atoms with Gasteiger partial charge in [0.15, 0.2) is 5.03 Å². The molecular formula is C25H30FN5O4S. The number of rotatable bonds is 8. The Bertz CT molecular complexity index is 1330. The van der Waals surface area contributed by atoms with Crippen molar-refractivity contribution in [1.82, 2.24) is 19.9 Å². The molecular weight excluding hydrogens is 485 g/mol. The van der Waals surface area contributed by atoms with Crippen molar-refractivity contribution >= 4 is 21.7 Å². The van der Waals surface area contributed by atoms with E-state index in [1.54, 1.807) is 12.1 Å². The molecule has 1 saturated heterocycles. The Morgan fingerprint density at radius 3 is 2.78 bits per heavy atom. The summed E-state index contributed by atoms with van der Waals surface area (Å²) in [6.45, 7) is 7.89. The maximum Gasteiger partial charge on any atom is 0.281 e. The molecule has 1 aromatic carbocycles. The van der Waals surface area contributed by atoms with Crippen LogP contribution in [-0.2, 0) is 10.0 Å². The Balaban J connectivity index is 1.71. The third-order valence-electron chi connectivity index (χ3n) is 5.82. The number of aromatic nitrogens is 3. The Kier molecular flexibility index (Phi) is 7.58. The maximum absolute atomic E-state index is 14.4. The molecule has 1 atom stereocenters. The molecule has 0 radical (unpaired) electrons. The van der Waals surface area contributed by atoms with Crippen LogP contribution in [0.5, 0.6) is 5.75 Å². The molecule has 2 N–H and O–H groups in total. The highest BCUT2D eigenvalue weighted by Crippen LogP contribution is 2.30. The predicted molar refractivity (Wildman–Crippen MR) is 134 cm³/mol. The van der Waals surface area contributed by atoms with Gasteiger partial charge in [-0.15, -0.1) is 0 Å². The van der Waals surface area contributed by atoms with Gasteiger partial charge < -0.3 is 9.64 Å². The number of benzene rings is 1. The second kappa shape index (κ2) is 10.7. The second-order valence-electron chi connectivity index (χ2n) is 9.50. The summed E-state index contributed by atoms with van der Waals surface area (Å²) in [6.07, 6.45) is 3.24. The molecule has 1 aliphatic heterocycles. The number of hydrogen-bond donors (Lipinski definition) is 2. The molecule has 9 nitrogen and oxygen atoms in total. The van der Waals surface area contributed by atoms with Gasteiger partial charge in [-0.25, -0.2) is 14.1 Å². The van der Waals surface area contributed by atoms with Crippen molar-refractivity contribution in [2.75, 3.05) is 24.6 Å². The standard InChI is InChI=1S/C25H30FN5O4S/c1-16(2)15-35-20-12-18(11-19(26)13-20)22-7-6-21(24(28-22)31-10-4-5-17(3)14-31)25(32)30-36(33,34)23-8-9-27-29-23/h6-9,11-13,16-17H,4-5,10,14-15H2,1-3H3,(H,27,29)(H,30,32)/t17-/m1/s1. The number of anilines is 1. The van der Waals surface area contributed by atoms with Crippen LogP contribution in [-0.4, -0.2) is 49.2 Å². The van der Waals surface area contributed by atoms with Gasteiger partial charge in [-0.05, 0) is 55.0 Å². The molecule has 0 bridgehead atoms. The molecule has 192 valence electrons. The molecule has 1 amide bonds. The highest BCUT2D eigenvalue weighted by Gasteiger charge is 2.27. The van der Waals surface area contributed by atoms with Gasteiger partial charge in [0, 0.05) is 24.7 Å². The number of amides is 1. The highest BCUT2D eigenvalue weighted by molar-refractivity contribution is 7.90. The van der Waals surface area contributed by atoms with Crippen molar-refractivity contribution in [3.63, 3.8) is 0 Å². The summed E-state index contributed by atoms with van der Waals surface area (Å²) < 4.78 is 47.4. The molecule has 0 saturated carbocycles. The molecule has 36 heavy (non-hydrogen) atoms. The van der Waals surface area contributed by atoms with Crippen molar-refractivity contribution in [2.45, 2.75) is 38.6 Å². The van der Waals surface area contributed by atoms with E-state index in [0.29, 0.717) is 48.4 Å². The summed E-state index contributed by atoms with van der Waals surface area (Å²) in [5, 5.41) is 5.76. The number of sulfonamides is 1. The Morgan fingerprint density at radius 2 is 2.08 bits per heavy atom. The lowest BCUT2D eigenvalue weighted by Crippen LogP contribution is -2.38. The first-order valence-corrected chi connectivity index (χ1v) is 13.4. The third kappa shape index (κ3) is 6.01. The van der Waals surface area contributed by atoms with Gasteiger partial charge in [-0.3, -0.25) is 9.89 Å². The smallest absolute Gasteiger partial charge is 0.281 e.